The summed E-state index contributed by atoms with van der Waals surface area (Å²) in [5.74, 6) is 0.899. The third-order valence-electron chi connectivity index (χ3n) is 5.05. The highest BCUT2D eigenvalue weighted by Gasteiger charge is 2.28. The van der Waals surface area contributed by atoms with Crippen LogP contribution in [0.4, 0.5) is 0 Å². The Morgan fingerprint density at radius 2 is 1.70 bits per heavy atom. The molecule has 0 aliphatic heterocycles. The molecular weight excluding hydrogens is 246 g/mol. The molecule has 0 radical (unpaired) electrons. The van der Waals surface area contributed by atoms with Crippen molar-refractivity contribution < 1.29 is 4.74 Å². The van der Waals surface area contributed by atoms with E-state index in [1.807, 2.05) is 0 Å². The third-order valence-corrected chi connectivity index (χ3v) is 5.05. The lowest BCUT2D eigenvalue weighted by Gasteiger charge is -2.30. The summed E-state index contributed by atoms with van der Waals surface area (Å²) >= 11 is 0. The second-order valence-electron chi connectivity index (χ2n) is 8.56. The van der Waals surface area contributed by atoms with Crippen LogP contribution in [0.25, 0.3) is 0 Å². The zero-order chi connectivity index (χ0) is 15.2. The molecule has 1 saturated carbocycles. The van der Waals surface area contributed by atoms with Gasteiger partial charge in [0, 0.05) is 26.3 Å². The SMILES string of the molecule is COCCC(C)(C)CNC1CCCC(C(C)(C)C)CC1. The van der Waals surface area contributed by atoms with Gasteiger partial charge >= 0.3 is 0 Å². The number of nitrogens with one attached hydrogen (secondary N) is 1. The predicted molar refractivity (Wildman–Crippen MR) is 88.1 cm³/mol. The molecule has 0 saturated heterocycles. The van der Waals surface area contributed by atoms with E-state index in [4.69, 9.17) is 4.74 Å². The lowest BCUT2D eigenvalue weighted by Crippen LogP contribution is -2.37. The van der Waals surface area contributed by atoms with Gasteiger partial charge in [-0.05, 0) is 48.9 Å². The Morgan fingerprint density at radius 1 is 1.00 bits per heavy atom. The normalized spacial score (nSPS) is 25.5. The van der Waals surface area contributed by atoms with Gasteiger partial charge in [-0.3, -0.25) is 0 Å². The van der Waals surface area contributed by atoms with E-state index in [0.717, 1.165) is 31.5 Å². The number of ether oxygens (including phenoxy) is 1. The molecule has 0 aromatic rings. The van der Waals surface area contributed by atoms with Crippen molar-refractivity contribution in [1.29, 1.82) is 0 Å². The zero-order valence-electron chi connectivity index (χ0n) is 14.7. The molecule has 0 bridgehead atoms. The summed E-state index contributed by atoms with van der Waals surface area (Å²) in [5.41, 5.74) is 0.818. The summed E-state index contributed by atoms with van der Waals surface area (Å²) in [5, 5.41) is 3.83. The standard InChI is InChI=1S/C18H37NO/c1-17(2,3)15-8-7-9-16(11-10-15)19-14-18(4,5)12-13-20-6/h15-16,19H,7-14H2,1-6H3. The molecule has 0 aromatic heterocycles. The van der Waals surface area contributed by atoms with E-state index >= 15 is 0 Å². The minimum atomic E-state index is 0.339. The largest absolute Gasteiger partial charge is 0.385 e. The molecule has 2 unspecified atom stereocenters. The second-order valence-corrected chi connectivity index (χ2v) is 8.56. The monoisotopic (exact) mass is 283 g/mol. The van der Waals surface area contributed by atoms with Gasteiger partial charge in [0.25, 0.3) is 0 Å². The van der Waals surface area contributed by atoms with Crippen LogP contribution in [0, 0.1) is 16.7 Å². The Balaban J connectivity index is 2.35. The molecule has 0 heterocycles. The Kier molecular flexibility index (Phi) is 7.00. The highest BCUT2D eigenvalue weighted by molar-refractivity contribution is 4.82. The topological polar surface area (TPSA) is 21.3 Å². The van der Waals surface area contributed by atoms with Crippen LogP contribution in [0.3, 0.4) is 0 Å². The highest BCUT2D eigenvalue weighted by Crippen LogP contribution is 2.36. The molecule has 1 aliphatic carbocycles. The summed E-state index contributed by atoms with van der Waals surface area (Å²) in [6.45, 7) is 13.9. The molecule has 0 spiro atoms. The van der Waals surface area contributed by atoms with E-state index in [9.17, 15) is 0 Å². The van der Waals surface area contributed by atoms with Crippen LogP contribution in [0.5, 0.6) is 0 Å². The van der Waals surface area contributed by atoms with Crippen molar-refractivity contribution in [1.82, 2.24) is 5.32 Å². The Hall–Kier alpha value is -0.0800. The van der Waals surface area contributed by atoms with E-state index in [1.165, 1.54) is 32.1 Å². The van der Waals surface area contributed by atoms with E-state index in [1.54, 1.807) is 7.11 Å². The third kappa shape index (κ3) is 6.58. The highest BCUT2D eigenvalue weighted by atomic mass is 16.5. The van der Waals surface area contributed by atoms with Crippen LogP contribution in [-0.2, 0) is 4.74 Å². The first-order valence-corrected chi connectivity index (χ1v) is 8.47. The van der Waals surface area contributed by atoms with Crippen LogP contribution in [0.15, 0.2) is 0 Å². The maximum Gasteiger partial charge on any atom is 0.0467 e. The first kappa shape index (κ1) is 18.0. The molecule has 0 aromatic carbocycles. The Morgan fingerprint density at radius 3 is 2.30 bits per heavy atom. The zero-order valence-corrected chi connectivity index (χ0v) is 14.7. The first-order chi connectivity index (χ1) is 9.24. The minimum Gasteiger partial charge on any atom is -0.385 e. The van der Waals surface area contributed by atoms with Crippen LogP contribution in [0.1, 0.15) is 73.1 Å². The summed E-state index contributed by atoms with van der Waals surface area (Å²) in [6.07, 6.45) is 8.02. The fourth-order valence-electron chi connectivity index (χ4n) is 3.26. The van der Waals surface area contributed by atoms with Crippen molar-refractivity contribution >= 4 is 0 Å². The van der Waals surface area contributed by atoms with Gasteiger partial charge in [0.2, 0.25) is 0 Å². The molecule has 120 valence electrons. The quantitative estimate of drug-likeness (QED) is 0.717. The van der Waals surface area contributed by atoms with Gasteiger partial charge in [0.05, 0.1) is 0 Å². The van der Waals surface area contributed by atoms with Crippen molar-refractivity contribution in [2.24, 2.45) is 16.7 Å². The summed E-state index contributed by atoms with van der Waals surface area (Å²) in [7, 11) is 1.79. The molecule has 20 heavy (non-hydrogen) atoms. The number of hydrogen-bond acceptors (Lipinski definition) is 2. The van der Waals surface area contributed by atoms with Gasteiger partial charge in [-0.25, -0.2) is 0 Å². The molecule has 1 fully saturated rings. The fraction of sp³-hybridized carbons (Fsp3) is 1.00. The van der Waals surface area contributed by atoms with Gasteiger partial charge < -0.3 is 10.1 Å². The summed E-state index contributed by atoms with van der Waals surface area (Å²) in [6, 6.07) is 0.726. The van der Waals surface area contributed by atoms with Crippen molar-refractivity contribution in [2.45, 2.75) is 79.2 Å². The van der Waals surface area contributed by atoms with E-state index < -0.39 is 0 Å². The van der Waals surface area contributed by atoms with Crippen molar-refractivity contribution in [3.63, 3.8) is 0 Å². The molecule has 0 amide bonds. The van der Waals surface area contributed by atoms with E-state index in [0.29, 0.717) is 10.8 Å². The second kappa shape index (κ2) is 7.79. The van der Waals surface area contributed by atoms with Crippen molar-refractivity contribution in [3.05, 3.63) is 0 Å². The summed E-state index contributed by atoms with van der Waals surface area (Å²) in [4.78, 5) is 0. The average molecular weight is 284 g/mol. The molecular formula is C18H37NO. The molecule has 1 N–H and O–H groups in total. The lowest BCUT2D eigenvalue weighted by molar-refractivity contribution is 0.148. The van der Waals surface area contributed by atoms with Crippen molar-refractivity contribution in [3.8, 4) is 0 Å². The van der Waals surface area contributed by atoms with Crippen molar-refractivity contribution in [2.75, 3.05) is 20.3 Å². The van der Waals surface area contributed by atoms with Crippen LogP contribution in [-0.4, -0.2) is 26.3 Å². The fourth-order valence-corrected chi connectivity index (χ4v) is 3.26. The Labute approximate surface area is 127 Å². The Bertz CT molecular complexity index is 267. The molecule has 1 aliphatic rings. The van der Waals surface area contributed by atoms with Crippen LogP contribution in [0.2, 0.25) is 0 Å². The molecule has 2 atom stereocenters. The summed E-state index contributed by atoms with van der Waals surface area (Å²) < 4.78 is 5.21. The number of rotatable bonds is 6. The van der Waals surface area contributed by atoms with Gasteiger partial charge in [0.1, 0.15) is 0 Å². The molecule has 2 heteroatoms. The number of hydrogen-bond donors (Lipinski definition) is 1. The van der Waals surface area contributed by atoms with E-state index in [-0.39, 0.29) is 0 Å². The minimum absolute atomic E-state index is 0.339. The lowest BCUT2D eigenvalue weighted by atomic mass is 9.76. The van der Waals surface area contributed by atoms with Crippen LogP contribution < -0.4 is 5.32 Å². The molecule has 2 nitrogen and oxygen atoms in total. The number of methoxy groups -OCH3 is 1. The molecule has 1 rings (SSSR count). The van der Waals surface area contributed by atoms with Gasteiger partial charge in [-0.1, -0.05) is 41.0 Å². The first-order valence-electron chi connectivity index (χ1n) is 8.47. The van der Waals surface area contributed by atoms with Gasteiger partial charge in [-0.2, -0.15) is 0 Å². The van der Waals surface area contributed by atoms with Crippen LogP contribution >= 0.6 is 0 Å². The van der Waals surface area contributed by atoms with E-state index in [2.05, 4.69) is 39.9 Å². The average Bonchev–Trinajstić information content (AvgIpc) is 2.59. The maximum atomic E-state index is 5.21. The predicted octanol–water partition coefficient (Wildman–Crippen LogP) is 4.63. The maximum absolute atomic E-state index is 5.21. The smallest absolute Gasteiger partial charge is 0.0467 e. The van der Waals surface area contributed by atoms with Gasteiger partial charge in [-0.15, -0.1) is 0 Å². The van der Waals surface area contributed by atoms with Gasteiger partial charge in [0.15, 0.2) is 0 Å².